The van der Waals surface area contributed by atoms with Crippen molar-refractivity contribution in [3.05, 3.63) is 292 Å². The molecule has 0 aromatic heterocycles. The van der Waals surface area contributed by atoms with E-state index in [1.54, 1.807) is 147 Å². The van der Waals surface area contributed by atoms with Gasteiger partial charge in [-0.1, -0.05) is 77.1 Å². The van der Waals surface area contributed by atoms with Crippen molar-refractivity contribution in [3.8, 4) is 28.7 Å². The van der Waals surface area contributed by atoms with E-state index in [0.29, 0.717) is 56.3 Å². The van der Waals surface area contributed by atoms with Gasteiger partial charge in [0.25, 0.3) is 0 Å². The van der Waals surface area contributed by atoms with Crippen LogP contribution < -0.4 is 76.9 Å². The van der Waals surface area contributed by atoms with Gasteiger partial charge in [0.2, 0.25) is 29.5 Å². The van der Waals surface area contributed by atoms with Crippen molar-refractivity contribution in [2.45, 2.75) is 91.9 Å². The summed E-state index contributed by atoms with van der Waals surface area (Å²) >= 11 is 21.6. The average Bonchev–Trinajstić information content (AvgIpc) is 0.791. The number of nitrogens with zero attached hydrogens (tertiary/aromatic N) is 5. The van der Waals surface area contributed by atoms with Gasteiger partial charge in [-0.3, -0.25) is 24.0 Å². The molecule has 46 heteroatoms. The number of piperidine rings is 5. The van der Waals surface area contributed by atoms with Crippen LogP contribution in [0, 0.1) is 52.4 Å². The number of methoxy groups -OCH3 is 7. The van der Waals surface area contributed by atoms with E-state index in [0.717, 1.165) is 61.9 Å². The largest absolute Gasteiger partial charge is 0.497 e. The first-order valence-electron chi connectivity index (χ1n) is 46.4. The predicted molar refractivity (Wildman–Crippen MR) is 556 cm³/mol. The van der Waals surface area contributed by atoms with Crippen molar-refractivity contribution in [1.82, 2.24) is 51.1 Å². The van der Waals surface area contributed by atoms with Crippen LogP contribution in [-0.2, 0) is 33.4 Å². The van der Waals surface area contributed by atoms with Gasteiger partial charge in [-0.15, -0.1) is 0 Å². The van der Waals surface area contributed by atoms with Crippen LogP contribution in [0.3, 0.4) is 0 Å². The van der Waals surface area contributed by atoms with E-state index in [1.807, 2.05) is 12.1 Å². The lowest BCUT2D eigenvalue weighted by atomic mass is 9.84. The number of nitrogens with one attached hydrogen (secondary N) is 10. The summed E-state index contributed by atoms with van der Waals surface area (Å²) in [5, 5.41) is 28.0. The summed E-state index contributed by atoms with van der Waals surface area (Å²) in [4.78, 5) is 132. The molecule has 10 aromatic carbocycles. The smallest absolute Gasteiger partial charge is 0.319 e. The van der Waals surface area contributed by atoms with Gasteiger partial charge in [0.05, 0.1) is 48.8 Å². The minimum absolute atomic E-state index is 0.0221. The normalized spacial score (nSPS) is 18.8. The number of likely N-dealkylation sites (N-methyl/N-ethyl adjacent to an activating group) is 3. The highest BCUT2D eigenvalue weighted by atomic mass is 79.9. The number of hydrogen-bond acceptors (Lipinski definition) is 17. The standard InChI is InChI=1S/C22H24BrF2N3O4.C22H24ClF2N3O4.C20H20BrF2N3O3.C20H21BrFN3O3.C20H20ClF2N3O3/c2*1-31-8-7-28-12-16(21-17(24)9-15(32-2)10-18(21)25)19(11-20(28)29)27-22(30)26-14-5-3-13(23)4-6-14;1-26-10-14(19-15(22)7-13(29-2)8-16(19)23)17(9-18(26)27)25-20(28)24-12-5-3-11(21)4-6-12;1-25-11-16(15-8-7-14(28-2)9-17(15)22)18(10-19(25)26)24-20(27)23-13-5-3-12(21)4-6-13;1-26-10-14(19-15(22)7-13(29-2)8-16(19)23)17(9-18(26)27)25-20(28)24-12-5-3-11(21)4-6-12/h2*3-6,9-10,16,19H,7-8,11-12H2,1-2H3,(H2,26,27,30);3-8,14,17H,9-10H2,1-2H3,(H2,24,25,28);3-9,16,18H,10-11H2,1-2H3,(H2,23,24,27);3-8,14,17H,9-10H2,1-2H3,(H2,24,25,28). The van der Waals surface area contributed by atoms with E-state index >= 15 is 0 Å². The van der Waals surface area contributed by atoms with Gasteiger partial charge in [0, 0.05) is 302 Å². The summed E-state index contributed by atoms with van der Waals surface area (Å²) < 4.78 is 170. The zero-order chi connectivity index (χ0) is 109. The highest BCUT2D eigenvalue weighted by molar-refractivity contribution is 9.11. The van der Waals surface area contributed by atoms with Crippen molar-refractivity contribution in [2.24, 2.45) is 0 Å². The Balaban J connectivity index is 0.000000178. The fraction of sp³-hybridized carbons (Fsp3) is 0.327. The SMILES string of the molecule is COCCN1CC(c2c(F)cc(OC)cc2F)C(NC(=O)Nc2ccc(Br)cc2)CC1=O.COCCN1CC(c2c(F)cc(OC)cc2F)C(NC(=O)Nc2ccc(Cl)cc2)CC1=O.COc1cc(F)c(C2CN(C)C(=O)CC2NC(=O)Nc2ccc(Br)cc2)c(F)c1.COc1cc(F)c(C2CN(C)C(=O)CC2NC(=O)Nc2ccc(Cl)cc2)c(F)c1.COc1ccc(C2CN(C)C(=O)CC2NC(=O)Nc2ccc(Br)cc2)c(F)c1. The molecule has 32 nitrogen and oxygen atoms in total. The van der Waals surface area contributed by atoms with Gasteiger partial charge in [-0.05, 0) is 133 Å². The van der Waals surface area contributed by atoms with Crippen LogP contribution in [0.25, 0.3) is 0 Å². The second kappa shape index (κ2) is 55.1. The second-order valence-corrected chi connectivity index (χ2v) is 38.6. The van der Waals surface area contributed by atoms with Crippen LogP contribution in [0.5, 0.6) is 28.7 Å². The van der Waals surface area contributed by atoms with Crippen molar-refractivity contribution in [3.63, 3.8) is 0 Å². The first-order chi connectivity index (χ1) is 71.6. The third kappa shape index (κ3) is 32.4. The number of anilines is 5. The van der Waals surface area contributed by atoms with E-state index in [4.69, 9.17) is 56.4 Å². The summed E-state index contributed by atoms with van der Waals surface area (Å²) in [6.45, 7) is 1.62. The molecule has 0 radical (unpaired) electrons. The number of urea groups is 5. The van der Waals surface area contributed by atoms with Crippen LogP contribution in [-0.4, -0.2) is 244 Å². The van der Waals surface area contributed by atoms with Gasteiger partial charge < -0.3 is 111 Å². The van der Waals surface area contributed by atoms with E-state index < -0.39 is 136 Å². The minimum atomic E-state index is -0.828. The molecule has 15 rings (SSSR count). The molecule has 0 bridgehead atoms. The monoisotopic (exact) mass is 2320 g/mol. The minimum Gasteiger partial charge on any atom is -0.497 e. The topological polar surface area (TPSA) is 372 Å². The zero-order valence-corrected chi connectivity index (χ0v) is 88.8. The molecule has 5 saturated heterocycles. The van der Waals surface area contributed by atoms with Gasteiger partial charge >= 0.3 is 30.2 Å². The summed E-state index contributed by atoms with van der Waals surface area (Å²) in [5.74, 6) is -10.7. The Hall–Kier alpha value is -13.8. The van der Waals surface area contributed by atoms with Crippen LogP contribution >= 0.6 is 71.0 Å². The molecule has 5 aliphatic rings. The lowest BCUT2D eigenvalue weighted by Crippen LogP contribution is -2.54. The van der Waals surface area contributed by atoms with Crippen molar-refractivity contribution in [1.29, 1.82) is 0 Å². The molecule has 10 aromatic rings. The molecule has 0 saturated carbocycles. The predicted octanol–water partition coefficient (Wildman–Crippen LogP) is 19.0. The lowest BCUT2D eigenvalue weighted by molar-refractivity contribution is -0.136. The Morgan fingerprint density at radius 2 is 0.507 bits per heavy atom. The van der Waals surface area contributed by atoms with Crippen LogP contribution in [0.15, 0.2) is 201 Å². The van der Waals surface area contributed by atoms with Gasteiger partial charge in [0.1, 0.15) is 81.1 Å². The summed E-state index contributed by atoms with van der Waals surface area (Å²) in [5.41, 5.74) is 2.32. The molecular weight excluding hydrogens is 2210 g/mol. The molecular formula is C104H109Br3Cl2F9N15O17. The maximum absolute atomic E-state index is 14.9. The lowest BCUT2D eigenvalue weighted by Gasteiger charge is -2.39. The molecule has 5 aliphatic heterocycles. The Morgan fingerprint density at radius 1 is 0.293 bits per heavy atom. The number of halogens is 14. The van der Waals surface area contributed by atoms with Gasteiger partial charge in [-0.25, -0.2) is 63.5 Å². The quantitative estimate of drug-likeness (QED) is 0.0225. The third-order valence-corrected chi connectivity index (χ3v) is 27.2. The van der Waals surface area contributed by atoms with Crippen LogP contribution in [0.4, 0.5) is 91.9 Å². The molecule has 800 valence electrons. The molecule has 10 N–H and O–H groups in total. The Labute approximate surface area is 893 Å². The summed E-state index contributed by atoms with van der Waals surface area (Å²) in [6.07, 6.45) is -0.277. The van der Waals surface area contributed by atoms with Gasteiger partial charge in [0.15, 0.2) is 0 Å². The number of likely N-dealkylation sites (tertiary alicyclic amines) is 5. The number of amides is 15. The number of carbonyl (C=O) groups is 10. The molecule has 5 heterocycles. The van der Waals surface area contributed by atoms with Crippen LogP contribution in [0.1, 0.15) is 89.5 Å². The Morgan fingerprint density at radius 3 is 0.740 bits per heavy atom. The van der Waals surface area contributed by atoms with Crippen molar-refractivity contribution < 1.29 is 121 Å². The fourth-order valence-electron chi connectivity index (χ4n) is 17.4. The number of hydrogen-bond donors (Lipinski definition) is 10. The number of rotatable bonds is 26. The molecule has 10 unspecified atom stereocenters. The maximum atomic E-state index is 14.9. The first kappa shape index (κ1) is 116. The molecule has 0 aliphatic carbocycles. The highest BCUT2D eigenvalue weighted by Crippen LogP contribution is 2.41. The van der Waals surface area contributed by atoms with Crippen molar-refractivity contribution in [2.75, 3.05) is 157 Å². The molecule has 150 heavy (non-hydrogen) atoms. The highest BCUT2D eigenvalue weighted by Gasteiger charge is 2.45. The fourth-order valence-corrected chi connectivity index (χ4v) is 18.4. The third-order valence-electron chi connectivity index (χ3n) is 25.1. The number of carbonyl (C=O) groups excluding carboxylic acids is 10. The molecule has 10 atom stereocenters. The average molecular weight is 2320 g/mol. The Bertz CT molecular complexity index is 6040. The molecule has 0 spiro atoms. The van der Waals surface area contributed by atoms with E-state index in [1.165, 1.54) is 75.4 Å². The van der Waals surface area contributed by atoms with E-state index in [2.05, 4.69) is 101 Å². The summed E-state index contributed by atoms with van der Waals surface area (Å²) in [6, 6.07) is 40.7. The first-order valence-corrected chi connectivity index (χ1v) is 49.6. The van der Waals surface area contributed by atoms with E-state index in [9.17, 15) is 87.5 Å². The van der Waals surface area contributed by atoms with Gasteiger partial charge in [-0.2, -0.15) is 0 Å². The maximum Gasteiger partial charge on any atom is 0.319 e. The summed E-state index contributed by atoms with van der Waals surface area (Å²) in [7, 11) is 14.5. The zero-order valence-electron chi connectivity index (χ0n) is 82.5. The van der Waals surface area contributed by atoms with E-state index in [-0.39, 0.29) is 165 Å². The van der Waals surface area contributed by atoms with Crippen LogP contribution in [0.2, 0.25) is 10.0 Å². The number of benzene rings is 10. The van der Waals surface area contributed by atoms with Crippen molar-refractivity contribution >= 4 is 159 Å². The number of ether oxygens (including phenoxy) is 7. The second-order valence-electron chi connectivity index (χ2n) is 35.0. The Kier molecular flexibility index (Phi) is 42.8. The molecule has 5 fully saturated rings. The molecule has 15 amide bonds.